The molecule has 0 aliphatic heterocycles. The maximum atomic E-state index is 13.1. The number of amides is 1. The lowest BCUT2D eigenvalue weighted by Crippen LogP contribution is -2.31. The van der Waals surface area contributed by atoms with Crippen LogP contribution in [0.25, 0.3) is 11.3 Å². The number of aromatic amines is 1. The Kier molecular flexibility index (Phi) is 6.45. The zero-order valence-corrected chi connectivity index (χ0v) is 15.7. The normalized spacial score (nSPS) is 10.8. The van der Waals surface area contributed by atoms with Crippen molar-refractivity contribution in [1.29, 1.82) is 0 Å². The Labute approximate surface area is 165 Å². The summed E-state index contributed by atoms with van der Waals surface area (Å²) in [6, 6.07) is 11.0. The number of hydrogen-bond donors (Lipinski definition) is 3. The molecule has 3 rings (SSSR count). The molecule has 2 aromatic carbocycles. The van der Waals surface area contributed by atoms with Gasteiger partial charge < -0.3 is 10.6 Å². The fourth-order valence-electron chi connectivity index (χ4n) is 2.54. The second-order valence-electron chi connectivity index (χ2n) is 5.84. The van der Waals surface area contributed by atoms with Gasteiger partial charge in [-0.25, -0.2) is 4.39 Å². The van der Waals surface area contributed by atoms with Crippen LogP contribution in [0.2, 0.25) is 10.0 Å². The third-order valence-electron chi connectivity index (χ3n) is 3.94. The molecular formula is C19H17Cl2FN4O. The number of nitrogens with zero attached hydrogens (tertiary/aromatic N) is 1. The van der Waals surface area contributed by atoms with Gasteiger partial charge in [-0.2, -0.15) is 5.10 Å². The van der Waals surface area contributed by atoms with E-state index in [9.17, 15) is 9.18 Å². The summed E-state index contributed by atoms with van der Waals surface area (Å²) in [5.74, 6) is -0.499. The van der Waals surface area contributed by atoms with E-state index < -0.39 is 0 Å². The number of hydrogen-bond acceptors (Lipinski definition) is 3. The molecule has 0 atom stereocenters. The van der Waals surface area contributed by atoms with Crippen LogP contribution in [0.15, 0.2) is 48.7 Å². The van der Waals surface area contributed by atoms with Gasteiger partial charge in [0.05, 0.1) is 21.9 Å². The summed E-state index contributed by atoms with van der Waals surface area (Å²) < 4.78 is 13.1. The van der Waals surface area contributed by atoms with Gasteiger partial charge in [-0.15, -0.1) is 0 Å². The van der Waals surface area contributed by atoms with E-state index in [-0.39, 0.29) is 11.7 Å². The molecule has 1 heterocycles. The molecule has 27 heavy (non-hydrogen) atoms. The average Bonchev–Trinajstić information content (AvgIpc) is 3.12. The van der Waals surface area contributed by atoms with Crippen LogP contribution < -0.4 is 10.6 Å². The van der Waals surface area contributed by atoms with Crippen molar-refractivity contribution in [2.45, 2.75) is 6.54 Å². The van der Waals surface area contributed by atoms with Crippen molar-refractivity contribution in [2.75, 3.05) is 13.1 Å². The lowest BCUT2D eigenvalue weighted by Gasteiger charge is -2.08. The first-order valence-corrected chi connectivity index (χ1v) is 9.02. The lowest BCUT2D eigenvalue weighted by molar-refractivity contribution is 0.0954. The number of nitrogens with one attached hydrogen (secondary N) is 3. The Morgan fingerprint density at radius 1 is 1.07 bits per heavy atom. The van der Waals surface area contributed by atoms with Crippen molar-refractivity contribution in [1.82, 2.24) is 20.8 Å². The fraction of sp³-hybridized carbons (Fsp3) is 0.158. The lowest BCUT2D eigenvalue weighted by atomic mass is 10.1. The van der Waals surface area contributed by atoms with Crippen LogP contribution in [-0.2, 0) is 6.54 Å². The molecule has 5 nitrogen and oxygen atoms in total. The van der Waals surface area contributed by atoms with Crippen LogP contribution in [0.1, 0.15) is 15.9 Å². The van der Waals surface area contributed by atoms with Crippen molar-refractivity contribution in [3.8, 4) is 11.3 Å². The molecule has 3 aromatic rings. The van der Waals surface area contributed by atoms with Gasteiger partial charge in [-0.05, 0) is 42.5 Å². The highest BCUT2D eigenvalue weighted by Crippen LogP contribution is 2.22. The van der Waals surface area contributed by atoms with Crippen LogP contribution in [0, 0.1) is 5.82 Å². The molecule has 0 spiro atoms. The molecule has 1 amide bonds. The first kappa shape index (κ1) is 19.4. The van der Waals surface area contributed by atoms with E-state index in [1.807, 2.05) is 0 Å². The van der Waals surface area contributed by atoms with Gasteiger partial charge in [0, 0.05) is 36.3 Å². The van der Waals surface area contributed by atoms with E-state index >= 15 is 0 Å². The van der Waals surface area contributed by atoms with Crippen molar-refractivity contribution >= 4 is 29.1 Å². The summed E-state index contributed by atoms with van der Waals surface area (Å²) in [7, 11) is 0. The minimum atomic E-state index is -0.282. The molecule has 0 saturated heterocycles. The van der Waals surface area contributed by atoms with E-state index in [2.05, 4.69) is 20.8 Å². The number of halogens is 3. The van der Waals surface area contributed by atoms with Crippen molar-refractivity contribution in [3.05, 3.63) is 75.7 Å². The highest BCUT2D eigenvalue weighted by molar-refractivity contribution is 6.42. The van der Waals surface area contributed by atoms with E-state index in [0.717, 1.165) is 16.8 Å². The molecule has 0 aliphatic carbocycles. The Morgan fingerprint density at radius 3 is 2.59 bits per heavy atom. The zero-order valence-electron chi connectivity index (χ0n) is 14.2. The van der Waals surface area contributed by atoms with E-state index in [4.69, 9.17) is 23.2 Å². The summed E-state index contributed by atoms with van der Waals surface area (Å²) in [6.07, 6.45) is 1.72. The molecule has 140 valence electrons. The highest BCUT2D eigenvalue weighted by atomic mass is 35.5. The summed E-state index contributed by atoms with van der Waals surface area (Å²) in [5.41, 5.74) is 3.11. The molecule has 0 fully saturated rings. The van der Waals surface area contributed by atoms with Crippen molar-refractivity contribution < 1.29 is 9.18 Å². The number of aromatic nitrogens is 2. The van der Waals surface area contributed by atoms with Gasteiger partial charge in [0.2, 0.25) is 0 Å². The maximum Gasteiger partial charge on any atom is 0.251 e. The first-order chi connectivity index (χ1) is 13.0. The molecular weight excluding hydrogens is 390 g/mol. The van der Waals surface area contributed by atoms with Gasteiger partial charge in [0.25, 0.3) is 5.91 Å². The van der Waals surface area contributed by atoms with Gasteiger partial charge in [0.15, 0.2) is 0 Å². The Bertz CT molecular complexity index is 928. The molecule has 0 saturated carbocycles. The molecule has 8 heteroatoms. The molecule has 0 unspecified atom stereocenters. The van der Waals surface area contributed by atoms with Crippen LogP contribution in [0.5, 0.6) is 0 Å². The van der Waals surface area contributed by atoms with Crippen LogP contribution in [0.4, 0.5) is 4.39 Å². The number of benzene rings is 2. The Balaban J connectivity index is 1.47. The summed E-state index contributed by atoms with van der Waals surface area (Å²) in [6.45, 7) is 1.58. The van der Waals surface area contributed by atoms with Gasteiger partial charge >= 0.3 is 0 Å². The summed E-state index contributed by atoms with van der Waals surface area (Å²) in [5, 5.41) is 13.8. The Morgan fingerprint density at radius 2 is 1.85 bits per heavy atom. The smallest absolute Gasteiger partial charge is 0.251 e. The molecule has 0 bridgehead atoms. The summed E-state index contributed by atoms with van der Waals surface area (Å²) in [4.78, 5) is 12.1. The largest absolute Gasteiger partial charge is 0.351 e. The maximum absolute atomic E-state index is 13.1. The number of H-pyrrole nitrogens is 1. The van der Waals surface area contributed by atoms with E-state index in [1.54, 1.807) is 30.5 Å². The molecule has 3 N–H and O–H groups in total. The SMILES string of the molecule is O=C(NCCNCc1cn[nH]c1-c1ccc(F)cc1)c1ccc(Cl)c(Cl)c1. The predicted molar refractivity (Wildman–Crippen MR) is 104 cm³/mol. The first-order valence-electron chi connectivity index (χ1n) is 8.27. The Hall–Kier alpha value is -2.41. The van der Waals surface area contributed by atoms with Gasteiger partial charge in [0.1, 0.15) is 5.82 Å². The average molecular weight is 407 g/mol. The highest BCUT2D eigenvalue weighted by Gasteiger charge is 2.09. The molecule has 1 aromatic heterocycles. The fourth-order valence-corrected chi connectivity index (χ4v) is 2.84. The quantitative estimate of drug-likeness (QED) is 0.518. The number of rotatable bonds is 7. The van der Waals surface area contributed by atoms with Crippen molar-refractivity contribution in [2.24, 2.45) is 0 Å². The third-order valence-corrected chi connectivity index (χ3v) is 4.67. The number of carbonyl (C=O) groups is 1. The van der Waals surface area contributed by atoms with Crippen molar-refractivity contribution in [3.63, 3.8) is 0 Å². The zero-order chi connectivity index (χ0) is 19.2. The van der Waals surface area contributed by atoms with E-state index in [0.29, 0.717) is 35.2 Å². The van der Waals surface area contributed by atoms with Gasteiger partial charge in [-0.3, -0.25) is 9.89 Å². The third kappa shape index (κ3) is 5.07. The number of carbonyl (C=O) groups excluding carboxylic acids is 1. The summed E-state index contributed by atoms with van der Waals surface area (Å²) >= 11 is 11.8. The van der Waals surface area contributed by atoms with E-state index in [1.165, 1.54) is 18.2 Å². The predicted octanol–water partition coefficient (Wildman–Crippen LogP) is 4.04. The monoisotopic (exact) mass is 406 g/mol. The minimum absolute atomic E-state index is 0.217. The topological polar surface area (TPSA) is 69.8 Å². The van der Waals surface area contributed by atoms with Crippen LogP contribution >= 0.6 is 23.2 Å². The van der Waals surface area contributed by atoms with Crippen LogP contribution in [0.3, 0.4) is 0 Å². The van der Waals surface area contributed by atoms with Gasteiger partial charge in [-0.1, -0.05) is 23.2 Å². The second-order valence-corrected chi connectivity index (χ2v) is 6.65. The standard InChI is InChI=1S/C19H17Cl2FN4O/c20-16-6-3-13(9-17(16)21)19(27)24-8-7-23-10-14-11-25-26-18(14)12-1-4-15(22)5-2-12/h1-6,9,11,23H,7-8,10H2,(H,24,27)(H,25,26). The second kappa shape index (κ2) is 8.99. The van der Waals surface area contributed by atoms with Crippen LogP contribution in [-0.4, -0.2) is 29.2 Å². The minimum Gasteiger partial charge on any atom is -0.351 e. The molecule has 0 radical (unpaired) electrons. The molecule has 0 aliphatic rings.